The van der Waals surface area contributed by atoms with Crippen molar-refractivity contribution in [1.82, 2.24) is 0 Å². The highest BCUT2D eigenvalue weighted by Gasteiger charge is 2.69. The number of alkyl halides is 6. The summed E-state index contributed by atoms with van der Waals surface area (Å²) in [6.07, 6.45) is -10.4. The molecule has 0 aliphatic heterocycles. The molecule has 0 aromatic carbocycles. The Kier molecular flexibility index (Phi) is 8.77. The third-order valence-electron chi connectivity index (χ3n) is 5.44. The zero-order chi connectivity index (χ0) is 23.3. The molecule has 0 spiro atoms. The third-order valence-corrected chi connectivity index (χ3v) is 5.44. The van der Waals surface area contributed by atoms with Crippen molar-refractivity contribution in [2.45, 2.75) is 63.4 Å². The second-order valence-electron chi connectivity index (χ2n) is 7.68. The molecule has 2 bridgehead atoms. The first kappa shape index (κ1) is 26.3. The van der Waals surface area contributed by atoms with Gasteiger partial charge in [0.05, 0.1) is 19.6 Å². The van der Waals surface area contributed by atoms with Crippen LogP contribution in [0.25, 0.3) is 0 Å². The van der Waals surface area contributed by atoms with E-state index in [-0.39, 0.29) is 17.8 Å². The van der Waals surface area contributed by atoms with E-state index in [4.69, 9.17) is 9.84 Å². The predicted molar refractivity (Wildman–Crippen MR) is 93.0 cm³/mol. The summed E-state index contributed by atoms with van der Waals surface area (Å²) >= 11 is 0. The minimum Gasteiger partial charge on any atom is -0.466 e. The van der Waals surface area contributed by atoms with E-state index in [1.807, 2.05) is 0 Å². The van der Waals surface area contributed by atoms with Crippen LogP contribution in [0.3, 0.4) is 0 Å². The van der Waals surface area contributed by atoms with E-state index in [0.29, 0.717) is 17.9 Å². The topological polar surface area (TPSA) is 72.8 Å². The van der Waals surface area contributed by atoms with Gasteiger partial charge in [0.2, 0.25) is 0 Å². The zero-order valence-electron chi connectivity index (χ0n) is 16.7. The maximum absolute atomic E-state index is 12.5. The van der Waals surface area contributed by atoms with Crippen LogP contribution in [0.2, 0.25) is 0 Å². The minimum atomic E-state index is -5.83. The largest absolute Gasteiger partial charge is 0.466 e. The quantitative estimate of drug-likeness (QED) is 0.283. The van der Waals surface area contributed by atoms with Crippen LogP contribution in [0.15, 0.2) is 12.2 Å². The summed E-state index contributed by atoms with van der Waals surface area (Å²) in [5.74, 6) is -0.509. The van der Waals surface area contributed by atoms with Gasteiger partial charge in [-0.05, 0) is 50.9 Å². The van der Waals surface area contributed by atoms with Crippen molar-refractivity contribution < 1.29 is 50.5 Å². The van der Waals surface area contributed by atoms with E-state index >= 15 is 0 Å². The summed E-state index contributed by atoms with van der Waals surface area (Å²) in [5, 5.41) is 8.96. The Hall–Kier alpha value is -1.78. The molecule has 174 valence electrons. The Morgan fingerprint density at radius 3 is 1.97 bits per heavy atom. The maximum Gasteiger partial charge on any atom is 0.426 e. The number of hydrogen-bond donors (Lipinski definition) is 1. The first-order valence-corrected chi connectivity index (χ1v) is 9.40. The fraction of sp³-hybridized carbons (Fsp3) is 0.789. The van der Waals surface area contributed by atoms with Crippen molar-refractivity contribution in [3.8, 4) is 0 Å². The van der Waals surface area contributed by atoms with E-state index in [1.165, 1.54) is 7.11 Å². The first-order valence-electron chi connectivity index (χ1n) is 9.40. The monoisotopic (exact) mass is 448 g/mol. The highest BCUT2D eigenvalue weighted by atomic mass is 19.4. The Morgan fingerprint density at radius 1 is 1.07 bits per heavy atom. The standard InChI is InChI=1S/C14H18F6O3.C5H8O2/c15-13(16,17)12(22,14(18,19)20)4-1-5-23-11(21)10-7-8-2-3-9(10)6-8;1-4(2)5(6)7-3/h8-10,22H,1-7H2;1H2,2-3H3. The van der Waals surface area contributed by atoms with Gasteiger partial charge in [-0.15, -0.1) is 0 Å². The van der Waals surface area contributed by atoms with E-state index in [1.54, 1.807) is 6.92 Å². The van der Waals surface area contributed by atoms with Gasteiger partial charge in [0.1, 0.15) is 0 Å². The summed E-state index contributed by atoms with van der Waals surface area (Å²) in [4.78, 5) is 22.0. The molecular weight excluding hydrogens is 422 g/mol. The molecule has 11 heteroatoms. The lowest BCUT2D eigenvalue weighted by molar-refractivity contribution is -0.370. The number of carbonyl (C=O) groups excluding carboxylic acids is 2. The number of halogens is 6. The molecule has 3 atom stereocenters. The molecule has 2 saturated carbocycles. The molecule has 2 rings (SSSR count). The molecule has 2 aliphatic carbocycles. The van der Waals surface area contributed by atoms with Gasteiger partial charge in [-0.1, -0.05) is 13.0 Å². The van der Waals surface area contributed by atoms with Gasteiger partial charge in [-0.25, -0.2) is 4.79 Å². The summed E-state index contributed by atoms with van der Waals surface area (Å²) in [7, 11) is 1.33. The molecule has 0 heterocycles. The molecule has 30 heavy (non-hydrogen) atoms. The van der Waals surface area contributed by atoms with Crippen LogP contribution in [-0.4, -0.2) is 48.7 Å². The second kappa shape index (κ2) is 10.0. The summed E-state index contributed by atoms with van der Waals surface area (Å²) in [6.45, 7) is 4.39. The van der Waals surface area contributed by atoms with Crippen LogP contribution >= 0.6 is 0 Å². The molecule has 0 aromatic heterocycles. The molecule has 1 N–H and O–H groups in total. The van der Waals surface area contributed by atoms with Gasteiger partial charge >= 0.3 is 24.3 Å². The summed E-state index contributed by atoms with van der Waals surface area (Å²) < 4.78 is 83.8. The van der Waals surface area contributed by atoms with Crippen molar-refractivity contribution in [3.63, 3.8) is 0 Å². The zero-order valence-corrected chi connectivity index (χ0v) is 16.7. The molecule has 0 amide bonds. The van der Waals surface area contributed by atoms with Crippen LogP contribution in [-0.2, 0) is 19.1 Å². The number of esters is 2. The van der Waals surface area contributed by atoms with E-state index < -0.39 is 43.4 Å². The number of ether oxygens (including phenoxy) is 2. The van der Waals surface area contributed by atoms with Gasteiger partial charge in [-0.2, -0.15) is 26.3 Å². The van der Waals surface area contributed by atoms with Crippen molar-refractivity contribution in [1.29, 1.82) is 0 Å². The van der Waals surface area contributed by atoms with Crippen LogP contribution in [0.4, 0.5) is 26.3 Å². The normalized spacial score (nSPS) is 23.4. The number of rotatable bonds is 6. The van der Waals surface area contributed by atoms with Crippen LogP contribution in [0.5, 0.6) is 0 Å². The Balaban J connectivity index is 0.000000553. The van der Waals surface area contributed by atoms with Crippen LogP contribution in [0.1, 0.15) is 45.4 Å². The van der Waals surface area contributed by atoms with Gasteiger partial charge < -0.3 is 14.6 Å². The Bertz CT molecular complexity index is 614. The number of fused-ring (bicyclic) bond motifs is 2. The highest BCUT2D eigenvalue weighted by Crippen LogP contribution is 2.49. The highest BCUT2D eigenvalue weighted by molar-refractivity contribution is 5.86. The molecule has 2 fully saturated rings. The van der Waals surface area contributed by atoms with Crippen molar-refractivity contribution in [3.05, 3.63) is 12.2 Å². The van der Waals surface area contributed by atoms with Gasteiger partial charge in [0.15, 0.2) is 0 Å². The first-order chi connectivity index (χ1) is 13.6. The van der Waals surface area contributed by atoms with Gasteiger partial charge in [0.25, 0.3) is 5.60 Å². The number of methoxy groups -OCH3 is 1. The van der Waals surface area contributed by atoms with Crippen molar-refractivity contribution in [2.24, 2.45) is 17.8 Å². The lowest BCUT2D eigenvalue weighted by atomic mass is 9.89. The third kappa shape index (κ3) is 6.36. The number of hydrogen-bond acceptors (Lipinski definition) is 5. The summed E-state index contributed by atoms with van der Waals surface area (Å²) in [6, 6.07) is 0. The maximum atomic E-state index is 12.5. The predicted octanol–water partition coefficient (Wildman–Crippen LogP) is 4.34. The molecule has 3 unspecified atom stereocenters. The average molecular weight is 448 g/mol. The lowest BCUT2D eigenvalue weighted by Crippen LogP contribution is -2.56. The van der Waals surface area contributed by atoms with E-state index in [9.17, 15) is 35.9 Å². The molecule has 5 nitrogen and oxygen atoms in total. The van der Waals surface area contributed by atoms with Gasteiger partial charge in [0, 0.05) is 5.57 Å². The smallest absolute Gasteiger partial charge is 0.426 e. The molecule has 0 aromatic rings. The second-order valence-corrected chi connectivity index (χ2v) is 7.68. The average Bonchev–Trinajstić information content (AvgIpc) is 3.26. The minimum absolute atomic E-state index is 0.217. The number of carbonyl (C=O) groups is 2. The lowest BCUT2D eigenvalue weighted by Gasteiger charge is -2.32. The van der Waals surface area contributed by atoms with Crippen LogP contribution in [0, 0.1) is 17.8 Å². The SMILES string of the molecule is C=C(C)C(=O)OC.O=C(OCCCC(O)(C(F)(F)F)C(F)(F)F)C1CC2CCC1C2. The fourth-order valence-electron chi connectivity index (χ4n) is 3.76. The van der Waals surface area contributed by atoms with E-state index in [0.717, 1.165) is 19.3 Å². The van der Waals surface area contributed by atoms with E-state index in [2.05, 4.69) is 11.3 Å². The van der Waals surface area contributed by atoms with Crippen molar-refractivity contribution >= 4 is 11.9 Å². The number of aliphatic hydroxyl groups is 1. The van der Waals surface area contributed by atoms with Crippen LogP contribution < -0.4 is 0 Å². The molecule has 2 aliphatic rings. The molecule has 0 radical (unpaired) electrons. The molecule has 0 saturated heterocycles. The fourth-order valence-corrected chi connectivity index (χ4v) is 3.76. The van der Waals surface area contributed by atoms with Crippen molar-refractivity contribution in [2.75, 3.05) is 13.7 Å². The summed E-state index contributed by atoms with van der Waals surface area (Å²) in [5.41, 5.74) is -4.35. The Morgan fingerprint density at radius 2 is 1.63 bits per heavy atom. The van der Waals surface area contributed by atoms with Gasteiger partial charge in [-0.3, -0.25) is 4.79 Å². The Labute approximate surface area is 170 Å². The molecular formula is C19H26F6O5.